The fraction of sp³-hybridized carbons (Fsp3) is 0.500. The van der Waals surface area contributed by atoms with Crippen molar-refractivity contribution in [3.8, 4) is 0 Å². The number of alkyl halides is 3. The summed E-state index contributed by atoms with van der Waals surface area (Å²) in [6, 6.07) is 3.85. The number of hydrogen-bond donors (Lipinski definition) is 2. The molecule has 0 aliphatic carbocycles. The van der Waals surface area contributed by atoms with Gasteiger partial charge < -0.3 is 15.5 Å². The van der Waals surface area contributed by atoms with Gasteiger partial charge in [0, 0.05) is 19.0 Å². The zero-order valence-corrected chi connectivity index (χ0v) is 12.5. The van der Waals surface area contributed by atoms with Gasteiger partial charge in [-0.2, -0.15) is 13.2 Å². The standard InChI is InChI=1S/C12H17F3N4OS/c1-16-11(17-6-9-4-3-5-21-9)18-7-10(20)19(2)8-12(13,14)15/h3-5H,6-8H2,1-2H3,(H2,16,17,18). The molecule has 1 aromatic heterocycles. The molecule has 0 atom stereocenters. The van der Waals surface area contributed by atoms with E-state index in [1.165, 1.54) is 7.05 Å². The van der Waals surface area contributed by atoms with E-state index in [4.69, 9.17) is 0 Å². The van der Waals surface area contributed by atoms with Crippen LogP contribution < -0.4 is 10.6 Å². The number of halogens is 3. The van der Waals surface area contributed by atoms with Crippen molar-refractivity contribution in [3.05, 3.63) is 22.4 Å². The highest BCUT2D eigenvalue weighted by molar-refractivity contribution is 7.09. The van der Waals surface area contributed by atoms with E-state index in [1.807, 2.05) is 17.5 Å². The van der Waals surface area contributed by atoms with E-state index in [0.29, 0.717) is 17.4 Å². The smallest absolute Gasteiger partial charge is 0.352 e. The number of nitrogens with one attached hydrogen (secondary N) is 2. The number of likely N-dealkylation sites (N-methyl/N-ethyl adjacent to an activating group) is 1. The number of amides is 1. The van der Waals surface area contributed by atoms with Crippen LogP contribution in [0.15, 0.2) is 22.5 Å². The zero-order chi connectivity index (χ0) is 15.9. The van der Waals surface area contributed by atoms with Gasteiger partial charge in [0.1, 0.15) is 6.54 Å². The first kappa shape index (κ1) is 17.3. The highest BCUT2D eigenvalue weighted by Crippen LogP contribution is 2.15. The van der Waals surface area contributed by atoms with E-state index in [-0.39, 0.29) is 6.54 Å². The van der Waals surface area contributed by atoms with Crippen molar-refractivity contribution in [2.75, 3.05) is 27.2 Å². The molecule has 0 spiro atoms. The maximum Gasteiger partial charge on any atom is 0.406 e. The van der Waals surface area contributed by atoms with Gasteiger partial charge in [0.15, 0.2) is 5.96 Å². The minimum Gasteiger partial charge on any atom is -0.352 e. The van der Waals surface area contributed by atoms with Crippen molar-refractivity contribution >= 4 is 23.2 Å². The lowest BCUT2D eigenvalue weighted by molar-refractivity contribution is -0.157. The van der Waals surface area contributed by atoms with E-state index >= 15 is 0 Å². The highest BCUT2D eigenvalue weighted by Gasteiger charge is 2.31. The van der Waals surface area contributed by atoms with Gasteiger partial charge in [0.2, 0.25) is 5.91 Å². The molecule has 0 aliphatic heterocycles. The maximum absolute atomic E-state index is 12.2. The van der Waals surface area contributed by atoms with Crippen molar-refractivity contribution in [2.45, 2.75) is 12.7 Å². The van der Waals surface area contributed by atoms with Crippen LogP contribution in [-0.4, -0.2) is 50.1 Å². The minimum absolute atomic E-state index is 0.253. The van der Waals surface area contributed by atoms with Gasteiger partial charge in [0.25, 0.3) is 0 Å². The molecule has 0 bridgehead atoms. The van der Waals surface area contributed by atoms with Crippen molar-refractivity contribution in [1.29, 1.82) is 0 Å². The summed E-state index contributed by atoms with van der Waals surface area (Å²) < 4.78 is 36.5. The van der Waals surface area contributed by atoms with Gasteiger partial charge in [-0.1, -0.05) is 6.07 Å². The first-order chi connectivity index (χ1) is 9.81. The van der Waals surface area contributed by atoms with Gasteiger partial charge in [0.05, 0.1) is 13.1 Å². The third kappa shape index (κ3) is 6.98. The molecule has 9 heteroatoms. The molecular weight excluding hydrogens is 305 g/mol. The molecule has 5 nitrogen and oxygen atoms in total. The summed E-state index contributed by atoms with van der Waals surface area (Å²) in [4.78, 5) is 17.2. The molecule has 0 unspecified atom stereocenters. The number of carbonyl (C=O) groups excluding carboxylic acids is 1. The predicted molar refractivity (Wildman–Crippen MR) is 76.2 cm³/mol. The number of guanidine groups is 1. The van der Waals surface area contributed by atoms with Gasteiger partial charge in [-0.3, -0.25) is 9.79 Å². The largest absolute Gasteiger partial charge is 0.406 e. The van der Waals surface area contributed by atoms with Crippen LogP contribution in [0, 0.1) is 0 Å². The lowest BCUT2D eigenvalue weighted by Gasteiger charge is -2.19. The van der Waals surface area contributed by atoms with Crippen LogP contribution in [0.5, 0.6) is 0 Å². The maximum atomic E-state index is 12.2. The lowest BCUT2D eigenvalue weighted by atomic mass is 10.4. The summed E-state index contributed by atoms with van der Waals surface area (Å²) in [5.74, 6) is -0.302. The summed E-state index contributed by atoms with van der Waals surface area (Å²) >= 11 is 1.57. The third-order valence-corrected chi connectivity index (χ3v) is 3.36. The first-order valence-corrected chi connectivity index (χ1v) is 6.97. The number of aliphatic imine (C=N–C) groups is 1. The monoisotopic (exact) mass is 322 g/mol. The Hall–Kier alpha value is -1.77. The third-order valence-electron chi connectivity index (χ3n) is 2.48. The molecule has 1 heterocycles. The Morgan fingerprint density at radius 1 is 1.43 bits per heavy atom. The van der Waals surface area contributed by atoms with Gasteiger partial charge in [-0.15, -0.1) is 11.3 Å². The Kier molecular flexibility index (Phi) is 6.47. The summed E-state index contributed by atoms with van der Waals surface area (Å²) in [6.07, 6.45) is -4.40. The van der Waals surface area contributed by atoms with Gasteiger partial charge >= 0.3 is 6.18 Å². The molecule has 0 aliphatic rings. The van der Waals surface area contributed by atoms with E-state index < -0.39 is 18.6 Å². The lowest BCUT2D eigenvalue weighted by Crippen LogP contribution is -2.45. The molecule has 21 heavy (non-hydrogen) atoms. The fourth-order valence-electron chi connectivity index (χ4n) is 1.46. The van der Waals surface area contributed by atoms with E-state index in [2.05, 4.69) is 15.6 Å². The normalized spacial score (nSPS) is 12.1. The second kappa shape index (κ2) is 7.87. The Bertz CT molecular complexity index is 473. The Morgan fingerprint density at radius 3 is 2.67 bits per heavy atom. The van der Waals surface area contributed by atoms with Crippen molar-refractivity contribution < 1.29 is 18.0 Å². The fourth-order valence-corrected chi connectivity index (χ4v) is 2.10. The van der Waals surface area contributed by atoms with Crippen LogP contribution in [0.1, 0.15) is 4.88 Å². The highest BCUT2D eigenvalue weighted by atomic mass is 32.1. The molecule has 0 radical (unpaired) electrons. The molecule has 0 aromatic carbocycles. The van der Waals surface area contributed by atoms with Crippen LogP contribution in [-0.2, 0) is 11.3 Å². The topological polar surface area (TPSA) is 56.7 Å². The zero-order valence-electron chi connectivity index (χ0n) is 11.7. The Balaban J connectivity index is 2.36. The summed E-state index contributed by atoms with van der Waals surface area (Å²) in [5.41, 5.74) is 0. The van der Waals surface area contributed by atoms with Crippen LogP contribution in [0.25, 0.3) is 0 Å². The van der Waals surface area contributed by atoms with E-state index in [0.717, 1.165) is 11.9 Å². The molecule has 118 valence electrons. The average molecular weight is 322 g/mol. The van der Waals surface area contributed by atoms with Crippen molar-refractivity contribution in [3.63, 3.8) is 0 Å². The molecule has 1 aromatic rings. The number of thiophene rings is 1. The second-order valence-electron chi connectivity index (χ2n) is 4.22. The predicted octanol–water partition coefficient (Wildman–Crippen LogP) is 1.43. The van der Waals surface area contributed by atoms with Crippen LogP contribution in [0.4, 0.5) is 13.2 Å². The summed E-state index contributed by atoms with van der Waals surface area (Å²) in [6.45, 7) is -0.991. The number of carbonyl (C=O) groups is 1. The molecule has 0 saturated carbocycles. The second-order valence-corrected chi connectivity index (χ2v) is 5.26. The van der Waals surface area contributed by atoms with Crippen LogP contribution in [0.3, 0.4) is 0 Å². The van der Waals surface area contributed by atoms with Gasteiger partial charge in [-0.25, -0.2) is 0 Å². The molecule has 1 amide bonds. The summed E-state index contributed by atoms with van der Waals surface area (Å²) in [7, 11) is 2.63. The summed E-state index contributed by atoms with van der Waals surface area (Å²) in [5, 5.41) is 7.59. The van der Waals surface area contributed by atoms with Crippen molar-refractivity contribution in [2.24, 2.45) is 4.99 Å². The minimum atomic E-state index is -4.40. The number of nitrogens with zero attached hydrogens (tertiary/aromatic N) is 2. The van der Waals surface area contributed by atoms with E-state index in [9.17, 15) is 18.0 Å². The van der Waals surface area contributed by atoms with Gasteiger partial charge in [-0.05, 0) is 11.4 Å². The first-order valence-electron chi connectivity index (χ1n) is 6.09. The molecule has 0 saturated heterocycles. The molecular formula is C12H17F3N4OS. The van der Waals surface area contributed by atoms with Crippen molar-refractivity contribution in [1.82, 2.24) is 15.5 Å². The SMILES string of the molecule is CN=C(NCC(=O)N(C)CC(F)(F)F)NCc1cccs1. The van der Waals surface area contributed by atoms with E-state index in [1.54, 1.807) is 11.3 Å². The van der Waals surface area contributed by atoms with Crippen LogP contribution >= 0.6 is 11.3 Å². The quantitative estimate of drug-likeness (QED) is 0.637. The average Bonchev–Trinajstić information content (AvgIpc) is 2.89. The Morgan fingerprint density at radius 2 is 2.14 bits per heavy atom. The van der Waals surface area contributed by atoms with Crippen LogP contribution in [0.2, 0.25) is 0 Å². The number of rotatable bonds is 5. The number of hydrogen-bond acceptors (Lipinski definition) is 3. The molecule has 2 N–H and O–H groups in total. The molecule has 0 fully saturated rings. The Labute approximate surface area is 124 Å². The molecule has 1 rings (SSSR count).